The molecule has 144 valence electrons. The number of benzene rings is 3. The highest BCUT2D eigenvalue weighted by Crippen LogP contribution is 2.31. The van der Waals surface area contributed by atoms with Crippen LogP contribution in [0.4, 0.5) is 17.1 Å². The van der Waals surface area contributed by atoms with Crippen molar-refractivity contribution in [2.45, 2.75) is 4.90 Å². The number of sulfonamides is 1. The Morgan fingerprint density at radius 1 is 0.786 bits per heavy atom. The molecule has 3 N–H and O–H groups in total. The second-order valence-corrected chi connectivity index (χ2v) is 8.55. The predicted molar refractivity (Wildman–Crippen MR) is 120 cm³/mol. The van der Waals surface area contributed by atoms with Crippen LogP contribution in [0.2, 0.25) is 10.0 Å². The minimum absolute atomic E-state index is 0.0797. The van der Waals surface area contributed by atoms with Crippen LogP contribution in [0.25, 0.3) is 0 Å². The molecule has 0 bridgehead atoms. The highest BCUT2D eigenvalue weighted by atomic mass is 35.5. The Morgan fingerprint density at radius 2 is 1.39 bits per heavy atom. The van der Waals surface area contributed by atoms with E-state index in [1.165, 1.54) is 18.2 Å². The molecular weight excluding hydrogens is 437 g/mol. The number of thiocarbonyl (C=S) groups is 1. The largest absolute Gasteiger partial charge is 0.332 e. The average molecular weight is 452 g/mol. The number of para-hydroxylation sites is 1. The van der Waals surface area contributed by atoms with E-state index in [0.717, 1.165) is 5.69 Å². The normalized spacial score (nSPS) is 10.9. The van der Waals surface area contributed by atoms with Gasteiger partial charge in [-0.1, -0.05) is 47.5 Å². The van der Waals surface area contributed by atoms with E-state index in [9.17, 15) is 8.42 Å². The van der Waals surface area contributed by atoms with Gasteiger partial charge in [-0.2, -0.15) is 0 Å². The molecule has 0 fully saturated rings. The van der Waals surface area contributed by atoms with Crippen molar-refractivity contribution in [2.24, 2.45) is 0 Å². The molecule has 0 aromatic heterocycles. The van der Waals surface area contributed by atoms with Gasteiger partial charge in [0.25, 0.3) is 10.0 Å². The van der Waals surface area contributed by atoms with Crippen molar-refractivity contribution in [3.8, 4) is 0 Å². The van der Waals surface area contributed by atoms with Gasteiger partial charge >= 0.3 is 0 Å². The summed E-state index contributed by atoms with van der Waals surface area (Å²) >= 11 is 17.2. The zero-order chi connectivity index (χ0) is 20.1. The summed E-state index contributed by atoms with van der Waals surface area (Å²) in [4.78, 5) is 0.0797. The lowest BCUT2D eigenvalue weighted by atomic mass is 10.3. The second kappa shape index (κ2) is 8.79. The quantitative estimate of drug-likeness (QED) is 0.440. The van der Waals surface area contributed by atoms with E-state index in [2.05, 4.69) is 15.4 Å². The predicted octanol–water partition coefficient (Wildman–Crippen LogP) is 5.60. The van der Waals surface area contributed by atoms with E-state index < -0.39 is 10.0 Å². The molecule has 0 saturated heterocycles. The zero-order valence-corrected chi connectivity index (χ0v) is 17.5. The van der Waals surface area contributed by atoms with Gasteiger partial charge in [0.05, 0.1) is 20.6 Å². The van der Waals surface area contributed by atoms with Crippen molar-refractivity contribution in [2.75, 3.05) is 15.4 Å². The lowest BCUT2D eigenvalue weighted by Crippen LogP contribution is -2.19. The molecule has 3 rings (SSSR count). The van der Waals surface area contributed by atoms with E-state index in [1.54, 1.807) is 24.3 Å². The maximum absolute atomic E-state index is 12.6. The fourth-order valence-electron chi connectivity index (χ4n) is 2.32. The summed E-state index contributed by atoms with van der Waals surface area (Å²) in [5.74, 6) is 0. The molecule has 3 aromatic carbocycles. The topological polar surface area (TPSA) is 70.2 Å². The molecule has 5 nitrogen and oxygen atoms in total. The van der Waals surface area contributed by atoms with Gasteiger partial charge in [0, 0.05) is 11.4 Å². The van der Waals surface area contributed by atoms with Crippen molar-refractivity contribution in [3.05, 3.63) is 82.8 Å². The number of rotatable bonds is 5. The third kappa shape index (κ3) is 5.14. The van der Waals surface area contributed by atoms with Gasteiger partial charge in [-0.3, -0.25) is 4.72 Å². The summed E-state index contributed by atoms with van der Waals surface area (Å²) in [7, 11) is -3.82. The van der Waals surface area contributed by atoms with Crippen molar-refractivity contribution >= 4 is 67.6 Å². The molecule has 3 aromatic rings. The van der Waals surface area contributed by atoms with E-state index in [0.29, 0.717) is 10.8 Å². The molecule has 0 spiro atoms. The van der Waals surface area contributed by atoms with Gasteiger partial charge in [0.1, 0.15) is 0 Å². The van der Waals surface area contributed by atoms with E-state index >= 15 is 0 Å². The number of anilines is 3. The molecule has 0 unspecified atom stereocenters. The van der Waals surface area contributed by atoms with Crippen LogP contribution in [-0.2, 0) is 10.0 Å². The molecule has 0 atom stereocenters. The molecule has 0 heterocycles. The zero-order valence-electron chi connectivity index (χ0n) is 14.3. The van der Waals surface area contributed by atoms with Gasteiger partial charge in [-0.25, -0.2) is 8.42 Å². The van der Waals surface area contributed by atoms with E-state index in [1.807, 2.05) is 30.3 Å². The summed E-state index contributed by atoms with van der Waals surface area (Å²) in [5, 5.41) is 6.84. The summed E-state index contributed by atoms with van der Waals surface area (Å²) in [6.45, 7) is 0. The molecule has 0 amide bonds. The first-order chi connectivity index (χ1) is 13.3. The summed E-state index contributed by atoms with van der Waals surface area (Å²) in [6.07, 6.45) is 0. The van der Waals surface area contributed by atoms with Gasteiger partial charge in [-0.15, -0.1) is 0 Å². The monoisotopic (exact) mass is 451 g/mol. The highest BCUT2D eigenvalue weighted by Gasteiger charge is 2.16. The summed E-state index contributed by atoms with van der Waals surface area (Å²) < 4.78 is 27.6. The van der Waals surface area contributed by atoms with Crippen LogP contribution in [0.1, 0.15) is 0 Å². The minimum atomic E-state index is -3.82. The van der Waals surface area contributed by atoms with Crippen molar-refractivity contribution in [1.82, 2.24) is 0 Å². The van der Waals surface area contributed by atoms with E-state index in [4.69, 9.17) is 35.4 Å². The Balaban J connectivity index is 1.69. The van der Waals surface area contributed by atoms with Gasteiger partial charge in [0.15, 0.2) is 5.11 Å². The minimum Gasteiger partial charge on any atom is -0.332 e. The Bertz CT molecular complexity index is 1090. The number of halogens is 2. The van der Waals surface area contributed by atoms with Crippen LogP contribution in [0.5, 0.6) is 0 Å². The van der Waals surface area contributed by atoms with Crippen LogP contribution in [-0.4, -0.2) is 13.5 Å². The molecule has 0 saturated carbocycles. The fourth-order valence-corrected chi connectivity index (χ4v) is 4.03. The Morgan fingerprint density at radius 3 is 2.04 bits per heavy atom. The molecule has 0 aliphatic carbocycles. The van der Waals surface area contributed by atoms with Crippen molar-refractivity contribution in [3.63, 3.8) is 0 Å². The molecule has 9 heteroatoms. The second-order valence-electron chi connectivity index (χ2n) is 5.68. The van der Waals surface area contributed by atoms with Gasteiger partial charge in [0.2, 0.25) is 0 Å². The van der Waals surface area contributed by atoms with Crippen molar-refractivity contribution < 1.29 is 8.42 Å². The van der Waals surface area contributed by atoms with Crippen LogP contribution < -0.4 is 15.4 Å². The lowest BCUT2D eigenvalue weighted by molar-refractivity contribution is 0.601. The summed E-state index contributed by atoms with van der Waals surface area (Å²) in [6, 6.07) is 20.4. The average Bonchev–Trinajstić information content (AvgIpc) is 2.66. The highest BCUT2D eigenvalue weighted by molar-refractivity contribution is 7.92. The maximum Gasteiger partial charge on any atom is 0.261 e. The van der Waals surface area contributed by atoms with Crippen LogP contribution in [0.3, 0.4) is 0 Å². The number of hydrogen-bond acceptors (Lipinski definition) is 3. The van der Waals surface area contributed by atoms with Crippen molar-refractivity contribution in [1.29, 1.82) is 0 Å². The third-order valence-corrected chi connectivity index (χ3v) is 6.05. The Kier molecular flexibility index (Phi) is 6.41. The van der Waals surface area contributed by atoms with Crippen LogP contribution in [0, 0.1) is 0 Å². The van der Waals surface area contributed by atoms with Crippen LogP contribution >= 0.6 is 35.4 Å². The Hall–Kier alpha value is -2.32. The first-order valence-electron chi connectivity index (χ1n) is 8.05. The standard InChI is InChI=1S/C19H15Cl2N3O2S2/c20-16-7-4-8-17(18(16)21)24-28(25,26)15-11-9-14(10-12-15)23-19(27)22-13-5-2-1-3-6-13/h1-12,24H,(H2,22,23,27). The number of nitrogens with one attached hydrogen (secondary N) is 3. The van der Waals surface area contributed by atoms with Gasteiger partial charge < -0.3 is 10.6 Å². The fraction of sp³-hybridized carbons (Fsp3) is 0. The third-order valence-electron chi connectivity index (χ3n) is 3.65. The van der Waals surface area contributed by atoms with Gasteiger partial charge in [-0.05, 0) is 60.7 Å². The lowest BCUT2D eigenvalue weighted by Gasteiger charge is -2.12. The maximum atomic E-state index is 12.6. The summed E-state index contributed by atoms with van der Waals surface area (Å²) in [5.41, 5.74) is 1.71. The molecule has 0 aliphatic rings. The molecular formula is C19H15Cl2N3O2S2. The number of hydrogen-bond donors (Lipinski definition) is 3. The SMILES string of the molecule is O=S(=O)(Nc1cccc(Cl)c1Cl)c1ccc(NC(=S)Nc2ccccc2)cc1. The first-order valence-corrected chi connectivity index (χ1v) is 10.7. The first kappa shape index (κ1) is 20.4. The Labute approximate surface area is 178 Å². The van der Waals surface area contributed by atoms with E-state index in [-0.39, 0.29) is 20.6 Å². The molecule has 28 heavy (non-hydrogen) atoms. The molecule has 0 radical (unpaired) electrons. The van der Waals surface area contributed by atoms with Crippen LogP contribution in [0.15, 0.2) is 77.7 Å². The molecule has 0 aliphatic heterocycles. The smallest absolute Gasteiger partial charge is 0.261 e.